The molecule has 0 radical (unpaired) electrons. The number of thiazole rings is 1. The molecule has 1 fully saturated rings. The standard InChI is InChI=1S/C19H19ClN2S/c20-16-5-3-4-15(13-16)12-14-8-10-22(11-9-14)19-21-17-6-1-2-7-18(17)23-19/h1-7,13-14H,8-12H2. The summed E-state index contributed by atoms with van der Waals surface area (Å²) in [5.74, 6) is 0.749. The Hall–Kier alpha value is -1.58. The van der Waals surface area contributed by atoms with Crippen molar-refractivity contribution in [1.29, 1.82) is 0 Å². The molecular formula is C19H19ClN2S. The van der Waals surface area contributed by atoms with Crippen LogP contribution in [0.5, 0.6) is 0 Å². The molecule has 4 rings (SSSR count). The molecule has 2 heterocycles. The van der Waals surface area contributed by atoms with Crippen molar-refractivity contribution >= 4 is 38.3 Å². The Labute approximate surface area is 145 Å². The molecule has 1 aromatic heterocycles. The average molecular weight is 343 g/mol. The van der Waals surface area contributed by atoms with Crippen LogP contribution in [0.3, 0.4) is 0 Å². The maximum Gasteiger partial charge on any atom is 0.186 e. The van der Waals surface area contributed by atoms with Crippen LogP contribution in [-0.4, -0.2) is 18.1 Å². The number of para-hydroxylation sites is 1. The molecule has 118 valence electrons. The number of aromatic nitrogens is 1. The minimum atomic E-state index is 0.749. The number of hydrogen-bond acceptors (Lipinski definition) is 3. The zero-order chi connectivity index (χ0) is 15.6. The highest BCUT2D eigenvalue weighted by Gasteiger charge is 2.21. The highest BCUT2D eigenvalue weighted by atomic mass is 35.5. The first-order valence-electron chi connectivity index (χ1n) is 8.13. The van der Waals surface area contributed by atoms with E-state index < -0.39 is 0 Å². The molecule has 0 atom stereocenters. The summed E-state index contributed by atoms with van der Waals surface area (Å²) in [6, 6.07) is 16.7. The molecule has 0 saturated carbocycles. The third-order valence-electron chi connectivity index (χ3n) is 4.58. The van der Waals surface area contributed by atoms with Crippen molar-refractivity contribution < 1.29 is 0 Å². The second-order valence-electron chi connectivity index (χ2n) is 6.23. The number of halogens is 1. The van der Waals surface area contributed by atoms with Crippen molar-refractivity contribution in [2.24, 2.45) is 5.92 Å². The summed E-state index contributed by atoms with van der Waals surface area (Å²) < 4.78 is 1.28. The summed E-state index contributed by atoms with van der Waals surface area (Å²) in [7, 11) is 0. The van der Waals surface area contributed by atoms with E-state index in [1.165, 1.54) is 28.2 Å². The van der Waals surface area contributed by atoms with Gasteiger partial charge in [-0.05, 0) is 55.0 Å². The van der Waals surface area contributed by atoms with Crippen LogP contribution in [0.1, 0.15) is 18.4 Å². The average Bonchev–Trinajstić information content (AvgIpc) is 2.99. The van der Waals surface area contributed by atoms with Crippen molar-refractivity contribution in [1.82, 2.24) is 4.98 Å². The molecule has 23 heavy (non-hydrogen) atoms. The maximum absolute atomic E-state index is 6.09. The largest absolute Gasteiger partial charge is 0.348 e. The van der Waals surface area contributed by atoms with Crippen molar-refractivity contribution in [2.45, 2.75) is 19.3 Å². The molecule has 0 unspecified atom stereocenters. The number of nitrogens with zero attached hydrogens (tertiary/aromatic N) is 2. The van der Waals surface area contributed by atoms with Crippen LogP contribution >= 0.6 is 22.9 Å². The van der Waals surface area contributed by atoms with Gasteiger partial charge in [-0.3, -0.25) is 0 Å². The Balaban J connectivity index is 1.40. The lowest BCUT2D eigenvalue weighted by Crippen LogP contribution is -2.34. The van der Waals surface area contributed by atoms with E-state index in [1.54, 1.807) is 0 Å². The number of benzene rings is 2. The Bertz CT molecular complexity index is 773. The second kappa shape index (κ2) is 6.50. The smallest absolute Gasteiger partial charge is 0.186 e. The highest BCUT2D eigenvalue weighted by Crippen LogP contribution is 2.32. The van der Waals surface area contributed by atoms with Crippen LogP contribution < -0.4 is 4.90 Å². The van der Waals surface area contributed by atoms with Gasteiger partial charge in [-0.2, -0.15) is 0 Å². The fourth-order valence-corrected chi connectivity index (χ4v) is 4.55. The van der Waals surface area contributed by atoms with E-state index >= 15 is 0 Å². The Morgan fingerprint density at radius 2 is 1.91 bits per heavy atom. The lowest BCUT2D eigenvalue weighted by molar-refractivity contribution is 0.403. The number of hydrogen-bond donors (Lipinski definition) is 0. The van der Waals surface area contributed by atoms with Crippen LogP contribution in [0.2, 0.25) is 5.02 Å². The van der Waals surface area contributed by atoms with Crippen LogP contribution in [0.15, 0.2) is 48.5 Å². The minimum Gasteiger partial charge on any atom is -0.348 e. The van der Waals surface area contributed by atoms with E-state index in [1.807, 2.05) is 23.5 Å². The van der Waals surface area contributed by atoms with Gasteiger partial charge in [0.2, 0.25) is 0 Å². The molecule has 3 aromatic rings. The van der Waals surface area contributed by atoms with Crippen molar-refractivity contribution in [3.8, 4) is 0 Å². The van der Waals surface area contributed by atoms with Crippen LogP contribution in [0.25, 0.3) is 10.2 Å². The van der Waals surface area contributed by atoms with Gasteiger partial charge in [0.1, 0.15) is 0 Å². The van der Waals surface area contributed by atoms with E-state index in [-0.39, 0.29) is 0 Å². The molecular weight excluding hydrogens is 324 g/mol. The third-order valence-corrected chi connectivity index (χ3v) is 5.91. The molecule has 1 aliphatic heterocycles. The van der Waals surface area contributed by atoms with Gasteiger partial charge in [0.05, 0.1) is 10.2 Å². The fraction of sp³-hybridized carbons (Fsp3) is 0.316. The third kappa shape index (κ3) is 3.36. The van der Waals surface area contributed by atoms with Crippen LogP contribution in [-0.2, 0) is 6.42 Å². The summed E-state index contributed by atoms with van der Waals surface area (Å²) in [6.45, 7) is 2.20. The number of fused-ring (bicyclic) bond motifs is 1. The summed E-state index contributed by atoms with van der Waals surface area (Å²) in [6.07, 6.45) is 3.58. The molecule has 2 aromatic carbocycles. The molecule has 0 bridgehead atoms. The molecule has 1 saturated heterocycles. The maximum atomic E-state index is 6.09. The Morgan fingerprint density at radius 1 is 1.09 bits per heavy atom. The fourth-order valence-electron chi connectivity index (χ4n) is 3.32. The predicted octanol–water partition coefficient (Wildman–Crippen LogP) is 5.41. The summed E-state index contributed by atoms with van der Waals surface area (Å²) >= 11 is 7.90. The van der Waals surface area contributed by atoms with Gasteiger partial charge in [-0.15, -0.1) is 0 Å². The zero-order valence-electron chi connectivity index (χ0n) is 12.9. The first kappa shape index (κ1) is 15.0. The second-order valence-corrected chi connectivity index (χ2v) is 7.67. The van der Waals surface area contributed by atoms with Crippen LogP contribution in [0.4, 0.5) is 5.13 Å². The normalized spacial score (nSPS) is 16.1. The van der Waals surface area contributed by atoms with Crippen LogP contribution in [0, 0.1) is 5.92 Å². The van der Waals surface area contributed by atoms with Gasteiger partial charge >= 0.3 is 0 Å². The number of piperidine rings is 1. The van der Waals surface area contributed by atoms with Crippen molar-refractivity contribution in [2.75, 3.05) is 18.0 Å². The summed E-state index contributed by atoms with van der Waals surface area (Å²) in [5, 5.41) is 2.02. The van der Waals surface area contributed by atoms with E-state index in [9.17, 15) is 0 Å². The molecule has 0 amide bonds. The lowest BCUT2D eigenvalue weighted by atomic mass is 9.90. The van der Waals surface area contributed by atoms with Gasteiger partial charge < -0.3 is 4.90 Å². The first-order chi connectivity index (χ1) is 11.3. The zero-order valence-corrected chi connectivity index (χ0v) is 14.5. The van der Waals surface area contributed by atoms with E-state index in [0.29, 0.717) is 0 Å². The SMILES string of the molecule is Clc1cccc(CC2CCN(c3nc4ccccc4s3)CC2)c1. The van der Waals surface area contributed by atoms with Crippen molar-refractivity contribution in [3.05, 3.63) is 59.1 Å². The topological polar surface area (TPSA) is 16.1 Å². The quantitative estimate of drug-likeness (QED) is 0.632. The Kier molecular flexibility index (Phi) is 4.23. The minimum absolute atomic E-state index is 0.749. The van der Waals surface area contributed by atoms with Gasteiger partial charge in [0.25, 0.3) is 0 Å². The number of anilines is 1. The van der Waals surface area contributed by atoms with Gasteiger partial charge in [0.15, 0.2) is 5.13 Å². The Morgan fingerprint density at radius 3 is 2.70 bits per heavy atom. The highest BCUT2D eigenvalue weighted by molar-refractivity contribution is 7.22. The van der Waals surface area contributed by atoms with E-state index in [2.05, 4.69) is 41.3 Å². The molecule has 1 aliphatic rings. The number of rotatable bonds is 3. The molecule has 4 heteroatoms. The molecule has 0 aliphatic carbocycles. The summed E-state index contributed by atoms with van der Waals surface area (Å²) in [4.78, 5) is 7.23. The van der Waals surface area contributed by atoms with Gasteiger partial charge in [-0.25, -0.2) is 4.98 Å². The summed E-state index contributed by atoms with van der Waals surface area (Å²) in [5.41, 5.74) is 2.48. The monoisotopic (exact) mass is 342 g/mol. The van der Waals surface area contributed by atoms with Crippen molar-refractivity contribution in [3.63, 3.8) is 0 Å². The van der Waals surface area contributed by atoms with E-state index in [0.717, 1.165) is 36.0 Å². The molecule has 0 spiro atoms. The predicted molar refractivity (Wildman–Crippen MR) is 99.7 cm³/mol. The first-order valence-corrected chi connectivity index (χ1v) is 9.32. The van der Waals surface area contributed by atoms with Gasteiger partial charge in [0, 0.05) is 18.1 Å². The lowest BCUT2D eigenvalue weighted by Gasteiger charge is -2.31. The van der Waals surface area contributed by atoms with E-state index in [4.69, 9.17) is 16.6 Å². The molecule has 0 N–H and O–H groups in total. The van der Waals surface area contributed by atoms with Gasteiger partial charge in [-0.1, -0.05) is 47.2 Å². The molecule has 2 nitrogen and oxygen atoms in total.